The van der Waals surface area contributed by atoms with E-state index in [0.29, 0.717) is 42.6 Å². The molecule has 9 nitrogen and oxygen atoms in total. The number of sulfonamides is 1. The standard InChI is InChI=1S/C28H31N5O4S2/c1-3-31(4-2)24-11-7-22(8-12-24)20-29-33-26(27-6-5-17-37-27)21-38-28(33)30-23-9-13-25(14-10-23)39(34,35)32-15-18-36-19-16-32/h5-14,17,20-21H,3-4,15-16,18-19H2,1-2H3. The van der Waals surface area contributed by atoms with Gasteiger partial charge in [0.1, 0.15) is 5.69 Å². The fourth-order valence-electron chi connectivity index (χ4n) is 4.31. The van der Waals surface area contributed by atoms with Gasteiger partial charge in [0, 0.05) is 37.2 Å². The fraction of sp³-hybridized carbons (Fsp3) is 0.286. The SMILES string of the molecule is CCN(CC)c1ccc(C=Nn2c(-c3ccco3)csc2=Nc2ccc(S(=O)(=O)N3CCOCC3)cc2)cc1. The minimum absolute atomic E-state index is 0.241. The highest BCUT2D eigenvalue weighted by Crippen LogP contribution is 2.23. The predicted molar refractivity (Wildman–Crippen MR) is 154 cm³/mol. The number of ether oxygens (including phenoxy) is 1. The zero-order chi connectivity index (χ0) is 27.2. The van der Waals surface area contributed by atoms with Crippen molar-refractivity contribution in [2.75, 3.05) is 44.3 Å². The smallest absolute Gasteiger partial charge is 0.243 e. The summed E-state index contributed by atoms with van der Waals surface area (Å²) in [5.41, 5.74) is 3.52. The number of hydrogen-bond acceptors (Lipinski definition) is 8. The Morgan fingerprint density at radius 3 is 2.36 bits per heavy atom. The summed E-state index contributed by atoms with van der Waals surface area (Å²) in [6.07, 6.45) is 3.42. The summed E-state index contributed by atoms with van der Waals surface area (Å²) in [7, 11) is -3.57. The Labute approximate surface area is 232 Å². The van der Waals surface area contributed by atoms with E-state index in [1.165, 1.54) is 21.3 Å². The van der Waals surface area contributed by atoms with Crippen molar-refractivity contribution in [3.8, 4) is 11.5 Å². The zero-order valence-corrected chi connectivity index (χ0v) is 23.6. The average Bonchev–Trinajstić information content (AvgIpc) is 3.64. The molecule has 0 amide bonds. The van der Waals surface area contributed by atoms with E-state index in [1.54, 1.807) is 41.4 Å². The van der Waals surface area contributed by atoms with Gasteiger partial charge in [-0.2, -0.15) is 9.41 Å². The molecule has 204 valence electrons. The molecule has 3 heterocycles. The molecule has 5 rings (SSSR count). The van der Waals surface area contributed by atoms with Crippen molar-refractivity contribution in [2.45, 2.75) is 18.7 Å². The number of furan rings is 1. The Hall–Kier alpha value is -3.51. The summed E-state index contributed by atoms with van der Waals surface area (Å²) in [6.45, 7) is 7.71. The molecule has 0 aliphatic carbocycles. The number of nitrogens with zero attached hydrogens (tertiary/aromatic N) is 5. The van der Waals surface area contributed by atoms with Gasteiger partial charge in [0.25, 0.3) is 0 Å². The summed E-state index contributed by atoms with van der Waals surface area (Å²) in [5.74, 6) is 0.675. The molecule has 1 fully saturated rings. The molecule has 0 saturated carbocycles. The average molecular weight is 566 g/mol. The van der Waals surface area contributed by atoms with Crippen LogP contribution in [-0.2, 0) is 14.8 Å². The summed E-state index contributed by atoms with van der Waals surface area (Å²) >= 11 is 1.42. The van der Waals surface area contributed by atoms with E-state index < -0.39 is 10.0 Å². The quantitative estimate of drug-likeness (QED) is 0.272. The van der Waals surface area contributed by atoms with Crippen molar-refractivity contribution >= 4 is 38.9 Å². The number of rotatable bonds is 9. The van der Waals surface area contributed by atoms with Gasteiger partial charge in [-0.15, -0.1) is 11.3 Å². The lowest BCUT2D eigenvalue weighted by atomic mass is 10.2. The van der Waals surface area contributed by atoms with E-state index in [4.69, 9.17) is 19.2 Å². The molecular weight excluding hydrogens is 534 g/mol. The Balaban J connectivity index is 1.45. The summed E-state index contributed by atoms with van der Waals surface area (Å²) < 4.78 is 40.0. The van der Waals surface area contributed by atoms with Crippen molar-refractivity contribution < 1.29 is 17.6 Å². The number of benzene rings is 2. The fourth-order valence-corrected chi connectivity index (χ4v) is 6.55. The zero-order valence-electron chi connectivity index (χ0n) is 21.9. The van der Waals surface area contributed by atoms with Gasteiger partial charge < -0.3 is 14.1 Å². The maximum Gasteiger partial charge on any atom is 0.243 e. The molecule has 1 aliphatic heterocycles. The van der Waals surface area contributed by atoms with Crippen LogP contribution in [0.15, 0.2) is 91.7 Å². The van der Waals surface area contributed by atoms with Gasteiger partial charge in [0.2, 0.25) is 14.8 Å². The lowest BCUT2D eigenvalue weighted by molar-refractivity contribution is 0.0730. The number of anilines is 1. The van der Waals surface area contributed by atoms with Crippen LogP contribution in [0.2, 0.25) is 0 Å². The summed E-state index contributed by atoms with van der Waals surface area (Å²) in [6, 6.07) is 18.6. The van der Waals surface area contributed by atoms with Crippen LogP contribution in [0.5, 0.6) is 0 Å². The summed E-state index contributed by atoms with van der Waals surface area (Å²) in [5, 5.41) is 6.68. The topological polar surface area (TPSA) is 92.6 Å². The predicted octanol–water partition coefficient (Wildman–Crippen LogP) is 4.79. The van der Waals surface area contributed by atoms with Gasteiger partial charge >= 0.3 is 0 Å². The Bertz CT molecular complexity index is 1560. The Kier molecular flexibility index (Phi) is 8.41. The Morgan fingerprint density at radius 2 is 1.72 bits per heavy atom. The lowest BCUT2D eigenvalue weighted by Gasteiger charge is -2.26. The second-order valence-electron chi connectivity index (χ2n) is 8.82. The van der Waals surface area contributed by atoms with Gasteiger partial charge in [0.05, 0.1) is 36.3 Å². The third kappa shape index (κ3) is 6.06. The molecule has 0 bridgehead atoms. The van der Waals surface area contributed by atoms with E-state index in [9.17, 15) is 8.42 Å². The van der Waals surface area contributed by atoms with Crippen molar-refractivity contribution in [1.82, 2.24) is 8.98 Å². The van der Waals surface area contributed by atoms with Crippen molar-refractivity contribution in [3.05, 3.63) is 82.7 Å². The molecule has 0 atom stereocenters. The molecule has 1 saturated heterocycles. The molecule has 1 aliphatic rings. The van der Waals surface area contributed by atoms with Crippen molar-refractivity contribution in [1.29, 1.82) is 0 Å². The van der Waals surface area contributed by atoms with E-state index in [0.717, 1.165) is 24.3 Å². The minimum atomic E-state index is -3.57. The van der Waals surface area contributed by atoms with E-state index in [2.05, 4.69) is 30.9 Å². The van der Waals surface area contributed by atoms with Crippen LogP contribution in [0.4, 0.5) is 11.4 Å². The van der Waals surface area contributed by atoms with Crippen LogP contribution in [0.1, 0.15) is 19.4 Å². The van der Waals surface area contributed by atoms with Crippen molar-refractivity contribution in [3.63, 3.8) is 0 Å². The first-order chi connectivity index (χ1) is 19.0. The molecule has 0 unspecified atom stereocenters. The van der Waals surface area contributed by atoms with Gasteiger partial charge in [-0.3, -0.25) is 0 Å². The third-order valence-corrected chi connectivity index (χ3v) is 9.20. The first-order valence-corrected chi connectivity index (χ1v) is 15.2. The van der Waals surface area contributed by atoms with Crippen LogP contribution in [-0.4, -0.2) is 63.0 Å². The summed E-state index contributed by atoms with van der Waals surface area (Å²) in [4.78, 5) is 7.93. The number of aromatic nitrogens is 1. The first-order valence-electron chi connectivity index (χ1n) is 12.9. The van der Waals surface area contributed by atoms with Crippen LogP contribution in [0, 0.1) is 0 Å². The first kappa shape index (κ1) is 27.1. The highest BCUT2D eigenvalue weighted by Gasteiger charge is 2.26. The maximum atomic E-state index is 13.0. The van der Waals surface area contributed by atoms with E-state index in [-0.39, 0.29) is 4.90 Å². The third-order valence-electron chi connectivity index (χ3n) is 6.47. The molecule has 0 spiro atoms. The minimum Gasteiger partial charge on any atom is -0.463 e. The highest BCUT2D eigenvalue weighted by molar-refractivity contribution is 7.89. The molecular formula is C28H31N5O4S2. The molecule has 11 heteroatoms. The molecule has 2 aromatic heterocycles. The molecule has 0 radical (unpaired) electrons. The van der Waals surface area contributed by atoms with Gasteiger partial charge in [-0.05, 0) is 67.9 Å². The largest absolute Gasteiger partial charge is 0.463 e. The second kappa shape index (κ2) is 12.1. The molecule has 2 aromatic carbocycles. The van der Waals surface area contributed by atoms with Gasteiger partial charge in [0.15, 0.2) is 5.76 Å². The van der Waals surface area contributed by atoms with E-state index >= 15 is 0 Å². The van der Waals surface area contributed by atoms with Crippen molar-refractivity contribution in [2.24, 2.45) is 10.1 Å². The van der Waals surface area contributed by atoms with Gasteiger partial charge in [-0.25, -0.2) is 18.1 Å². The van der Waals surface area contributed by atoms with Crippen LogP contribution in [0.3, 0.4) is 0 Å². The molecule has 0 N–H and O–H groups in total. The number of hydrogen-bond donors (Lipinski definition) is 0. The van der Waals surface area contributed by atoms with Gasteiger partial charge in [-0.1, -0.05) is 12.1 Å². The van der Waals surface area contributed by atoms with Crippen LogP contribution >= 0.6 is 11.3 Å². The van der Waals surface area contributed by atoms with E-state index in [1.807, 2.05) is 29.6 Å². The second-order valence-corrected chi connectivity index (χ2v) is 11.6. The Morgan fingerprint density at radius 1 is 1.00 bits per heavy atom. The monoisotopic (exact) mass is 565 g/mol. The lowest BCUT2D eigenvalue weighted by Crippen LogP contribution is -2.40. The maximum absolute atomic E-state index is 13.0. The normalized spacial score (nSPS) is 15.3. The molecule has 39 heavy (non-hydrogen) atoms. The highest BCUT2D eigenvalue weighted by atomic mass is 32.2. The number of morpholine rings is 1. The number of thiazole rings is 1. The molecule has 4 aromatic rings. The van der Waals surface area contributed by atoms with Crippen LogP contribution in [0.25, 0.3) is 11.5 Å². The van der Waals surface area contributed by atoms with Crippen LogP contribution < -0.4 is 9.70 Å².